The van der Waals surface area contributed by atoms with Gasteiger partial charge in [0.1, 0.15) is 0 Å². The summed E-state index contributed by atoms with van der Waals surface area (Å²) in [4.78, 5) is 0. The number of aromatic nitrogens is 2. The first-order chi connectivity index (χ1) is 5.88. The van der Waals surface area contributed by atoms with E-state index in [1.807, 2.05) is 17.9 Å². The van der Waals surface area contributed by atoms with Crippen LogP contribution in [0.5, 0.6) is 0 Å². The molecule has 1 aromatic rings. The first-order valence-electron chi connectivity index (χ1n) is 4.26. The van der Waals surface area contributed by atoms with E-state index in [0.29, 0.717) is 0 Å². The van der Waals surface area contributed by atoms with Gasteiger partial charge in [-0.05, 0) is 24.6 Å². The fraction of sp³-hybridized carbons (Fsp3) is 0.444. The van der Waals surface area contributed by atoms with Crippen molar-refractivity contribution in [1.82, 2.24) is 15.1 Å². The van der Waals surface area contributed by atoms with Gasteiger partial charge in [0.05, 0.1) is 5.69 Å². The highest BCUT2D eigenvalue weighted by Crippen LogP contribution is 2.17. The Morgan fingerprint density at radius 3 is 3.08 bits per heavy atom. The number of hydrogen-bond donors (Lipinski definition) is 1. The molecule has 0 saturated carbocycles. The predicted molar refractivity (Wildman–Crippen MR) is 48.7 cm³/mol. The molecule has 0 aromatic carbocycles. The van der Waals surface area contributed by atoms with Crippen LogP contribution in [0, 0.1) is 0 Å². The Morgan fingerprint density at radius 1 is 1.58 bits per heavy atom. The number of aryl methyl sites for hydroxylation is 1. The summed E-state index contributed by atoms with van der Waals surface area (Å²) in [6, 6.07) is 2.07. The Bertz CT molecular complexity index is 298. The lowest BCUT2D eigenvalue weighted by Gasteiger charge is -2.13. The van der Waals surface area contributed by atoms with E-state index < -0.39 is 0 Å². The van der Waals surface area contributed by atoms with Gasteiger partial charge in [-0.25, -0.2) is 0 Å². The summed E-state index contributed by atoms with van der Waals surface area (Å²) in [5.41, 5.74) is 2.66. The third-order valence-corrected chi connectivity index (χ3v) is 2.21. The Morgan fingerprint density at radius 2 is 2.50 bits per heavy atom. The van der Waals surface area contributed by atoms with Crippen molar-refractivity contribution in [1.29, 1.82) is 0 Å². The number of nitrogens with zero attached hydrogens (tertiary/aromatic N) is 2. The lowest BCUT2D eigenvalue weighted by Crippen LogP contribution is -2.20. The van der Waals surface area contributed by atoms with Crippen molar-refractivity contribution in [3.63, 3.8) is 0 Å². The number of rotatable bonds is 1. The molecule has 2 heterocycles. The lowest BCUT2D eigenvalue weighted by atomic mass is 10.1. The molecule has 0 spiro atoms. The second kappa shape index (κ2) is 3.11. The van der Waals surface area contributed by atoms with Crippen molar-refractivity contribution in [2.75, 3.05) is 13.1 Å². The van der Waals surface area contributed by atoms with Gasteiger partial charge < -0.3 is 5.32 Å². The van der Waals surface area contributed by atoms with E-state index >= 15 is 0 Å². The van der Waals surface area contributed by atoms with E-state index in [0.717, 1.165) is 19.5 Å². The van der Waals surface area contributed by atoms with Crippen LogP contribution in [0.25, 0.3) is 5.57 Å². The van der Waals surface area contributed by atoms with Crippen molar-refractivity contribution in [3.05, 3.63) is 24.0 Å². The maximum absolute atomic E-state index is 4.15. The van der Waals surface area contributed by atoms with Gasteiger partial charge in [-0.3, -0.25) is 4.68 Å². The molecule has 3 nitrogen and oxygen atoms in total. The van der Waals surface area contributed by atoms with Crippen LogP contribution < -0.4 is 5.32 Å². The first-order valence-corrected chi connectivity index (χ1v) is 4.26. The molecular formula is C9H13N3. The van der Waals surface area contributed by atoms with Gasteiger partial charge in [-0.1, -0.05) is 6.08 Å². The maximum Gasteiger partial charge on any atom is 0.0636 e. The van der Waals surface area contributed by atoms with E-state index in [1.165, 1.54) is 11.3 Å². The number of nitrogens with one attached hydrogen (secondary N) is 1. The molecule has 0 bridgehead atoms. The highest BCUT2D eigenvalue weighted by molar-refractivity contribution is 5.63. The summed E-state index contributed by atoms with van der Waals surface area (Å²) in [7, 11) is 1.98. The molecule has 0 aliphatic carbocycles. The Hall–Kier alpha value is -1.09. The van der Waals surface area contributed by atoms with Gasteiger partial charge in [-0.2, -0.15) is 5.10 Å². The molecule has 12 heavy (non-hydrogen) atoms. The molecule has 1 aromatic heterocycles. The second-order valence-corrected chi connectivity index (χ2v) is 3.02. The molecule has 3 heteroatoms. The molecule has 0 fully saturated rings. The Kier molecular flexibility index (Phi) is 1.96. The average Bonchev–Trinajstić information content (AvgIpc) is 2.53. The number of hydrogen-bond acceptors (Lipinski definition) is 2. The zero-order valence-corrected chi connectivity index (χ0v) is 7.25. The van der Waals surface area contributed by atoms with Crippen molar-refractivity contribution in [2.45, 2.75) is 6.42 Å². The summed E-state index contributed by atoms with van der Waals surface area (Å²) in [5, 5.41) is 7.44. The highest BCUT2D eigenvalue weighted by atomic mass is 15.3. The normalized spacial score (nSPS) is 17.6. The molecule has 64 valence electrons. The van der Waals surface area contributed by atoms with Gasteiger partial charge in [0.2, 0.25) is 0 Å². The first kappa shape index (κ1) is 7.55. The summed E-state index contributed by atoms with van der Waals surface area (Å²) in [6.07, 6.45) is 5.19. The summed E-state index contributed by atoms with van der Waals surface area (Å²) in [5.74, 6) is 0. The van der Waals surface area contributed by atoms with Crippen molar-refractivity contribution >= 4 is 5.57 Å². The van der Waals surface area contributed by atoms with Gasteiger partial charge in [-0.15, -0.1) is 0 Å². The van der Waals surface area contributed by atoms with Gasteiger partial charge in [0.25, 0.3) is 0 Å². The zero-order chi connectivity index (χ0) is 8.39. The van der Waals surface area contributed by atoms with Crippen LogP contribution in [0.4, 0.5) is 0 Å². The fourth-order valence-electron chi connectivity index (χ4n) is 1.54. The van der Waals surface area contributed by atoms with Crippen molar-refractivity contribution in [3.8, 4) is 0 Å². The van der Waals surface area contributed by atoms with Gasteiger partial charge in [0, 0.05) is 19.8 Å². The van der Waals surface area contributed by atoms with Gasteiger partial charge in [0.15, 0.2) is 0 Å². The van der Waals surface area contributed by atoms with E-state index in [9.17, 15) is 0 Å². The Labute approximate surface area is 72.1 Å². The van der Waals surface area contributed by atoms with Crippen LogP contribution >= 0.6 is 0 Å². The minimum absolute atomic E-state index is 0.987. The SMILES string of the molecule is Cn1nccc1C1=CCNCC1. The molecule has 0 saturated heterocycles. The molecule has 1 N–H and O–H groups in total. The quantitative estimate of drug-likeness (QED) is 0.663. The lowest BCUT2D eigenvalue weighted by molar-refractivity contribution is 0.714. The van der Waals surface area contributed by atoms with E-state index in [1.54, 1.807) is 0 Å². The Balaban J connectivity index is 2.29. The van der Waals surface area contributed by atoms with Crippen LogP contribution in [0.3, 0.4) is 0 Å². The largest absolute Gasteiger partial charge is 0.313 e. The van der Waals surface area contributed by atoms with Crippen LogP contribution in [0.1, 0.15) is 12.1 Å². The zero-order valence-electron chi connectivity index (χ0n) is 7.25. The average molecular weight is 163 g/mol. The summed E-state index contributed by atoms with van der Waals surface area (Å²) < 4.78 is 1.93. The monoisotopic (exact) mass is 163 g/mol. The predicted octanol–water partition coefficient (Wildman–Crippen LogP) is 0.797. The van der Waals surface area contributed by atoms with Crippen molar-refractivity contribution < 1.29 is 0 Å². The minimum Gasteiger partial charge on any atom is -0.313 e. The molecular weight excluding hydrogens is 150 g/mol. The third-order valence-electron chi connectivity index (χ3n) is 2.21. The maximum atomic E-state index is 4.15. The van der Waals surface area contributed by atoms with E-state index in [2.05, 4.69) is 22.6 Å². The molecule has 0 unspecified atom stereocenters. The third kappa shape index (κ3) is 1.28. The summed E-state index contributed by atoms with van der Waals surface area (Å²) >= 11 is 0. The fourth-order valence-corrected chi connectivity index (χ4v) is 1.54. The second-order valence-electron chi connectivity index (χ2n) is 3.02. The van der Waals surface area contributed by atoms with Crippen LogP contribution in [0.15, 0.2) is 18.3 Å². The van der Waals surface area contributed by atoms with Gasteiger partial charge >= 0.3 is 0 Å². The molecule has 0 atom stereocenters. The molecule has 0 radical (unpaired) electrons. The van der Waals surface area contributed by atoms with Crippen LogP contribution in [0.2, 0.25) is 0 Å². The van der Waals surface area contributed by atoms with Crippen molar-refractivity contribution in [2.24, 2.45) is 7.05 Å². The molecule has 1 aliphatic heterocycles. The van der Waals surface area contributed by atoms with Crippen LogP contribution in [-0.2, 0) is 7.05 Å². The topological polar surface area (TPSA) is 29.9 Å². The molecule has 2 rings (SSSR count). The van der Waals surface area contributed by atoms with E-state index in [-0.39, 0.29) is 0 Å². The highest BCUT2D eigenvalue weighted by Gasteiger charge is 2.07. The smallest absolute Gasteiger partial charge is 0.0636 e. The van der Waals surface area contributed by atoms with Crippen LogP contribution in [-0.4, -0.2) is 22.9 Å². The molecule has 1 aliphatic rings. The standard InChI is InChI=1S/C9H13N3/c1-12-9(4-7-11-12)8-2-5-10-6-3-8/h2,4,7,10H,3,5-6H2,1H3. The molecule has 0 amide bonds. The minimum atomic E-state index is 0.987. The summed E-state index contributed by atoms with van der Waals surface area (Å²) in [6.45, 7) is 2.07. The van der Waals surface area contributed by atoms with E-state index in [4.69, 9.17) is 0 Å².